The molecule has 4 amide bonds. The first kappa shape index (κ1) is 16.3. The predicted octanol–water partition coefficient (Wildman–Crippen LogP) is 0.0764. The summed E-state index contributed by atoms with van der Waals surface area (Å²) >= 11 is 0. The van der Waals surface area contributed by atoms with Gasteiger partial charge in [-0.2, -0.15) is 0 Å². The van der Waals surface area contributed by atoms with Gasteiger partial charge in [0.15, 0.2) is 0 Å². The van der Waals surface area contributed by atoms with E-state index in [0.29, 0.717) is 6.42 Å². The average Bonchev–Trinajstić information content (AvgIpc) is 2.67. The van der Waals surface area contributed by atoms with E-state index in [-0.39, 0.29) is 11.8 Å². The van der Waals surface area contributed by atoms with Crippen LogP contribution in [0, 0.1) is 5.92 Å². The molecule has 1 aliphatic heterocycles. The van der Waals surface area contributed by atoms with Crippen LogP contribution in [-0.4, -0.2) is 51.9 Å². The van der Waals surface area contributed by atoms with E-state index in [1.807, 2.05) is 6.92 Å². The highest BCUT2D eigenvalue weighted by molar-refractivity contribution is 6.09. The number of hydrogen-bond acceptors (Lipinski definition) is 4. The molecule has 1 aliphatic carbocycles. The van der Waals surface area contributed by atoms with E-state index >= 15 is 0 Å². The summed E-state index contributed by atoms with van der Waals surface area (Å²) in [5, 5.41) is 13.7. The normalized spacial score (nSPS) is 29.4. The predicted molar refractivity (Wildman–Crippen MR) is 75.8 cm³/mol. The molecule has 2 aliphatic rings. The van der Waals surface area contributed by atoms with Gasteiger partial charge in [0.05, 0.1) is 0 Å². The second-order valence-corrected chi connectivity index (χ2v) is 6.07. The zero-order valence-corrected chi connectivity index (χ0v) is 12.7. The van der Waals surface area contributed by atoms with Crippen LogP contribution in [0.15, 0.2) is 0 Å². The van der Waals surface area contributed by atoms with Gasteiger partial charge in [0, 0.05) is 0 Å². The molecule has 0 radical (unpaired) electrons. The van der Waals surface area contributed by atoms with Crippen LogP contribution in [0.2, 0.25) is 0 Å². The van der Waals surface area contributed by atoms with E-state index in [1.165, 1.54) is 6.92 Å². The zero-order valence-electron chi connectivity index (χ0n) is 12.7. The Labute approximate surface area is 128 Å². The molecule has 2 fully saturated rings. The van der Waals surface area contributed by atoms with Crippen molar-refractivity contribution in [1.82, 2.24) is 15.5 Å². The fraction of sp³-hybridized carbons (Fsp3) is 0.714. The summed E-state index contributed by atoms with van der Waals surface area (Å²) in [4.78, 5) is 48.1. The summed E-state index contributed by atoms with van der Waals surface area (Å²) in [5.41, 5.74) is -0.909. The van der Waals surface area contributed by atoms with Gasteiger partial charge in [-0.3, -0.25) is 19.3 Å². The lowest BCUT2D eigenvalue weighted by Gasteiger charge is -2.36. The zero-order chi connectivity index (χ0) is 16.5. The molecule has 0 bridgehead atoms. The highest BCUT2D eigenvalue weighted by atomic mass is 16.4. The molecule has 3 N–H and O–H groups in total. The Balaban J connectivity index is 2.06. The highest BCUT2D eigenvalue weighted by Gasteiger charge is 2.55. The fourth-order valence-electron chi connectivity index (χ4n) is 3.13. The summed E-state index contributed by atoms with van der Waals surface area (Å²) in [7, 11) is 0. The Morgan fingerprint density at radius 2 is 2.14 bits per heavy atom. The summed E-state index contributed by atoms with van der Waals surface area (Å²) in [6, 6.07) is -1.66. The molecule has 0 aromatic rings. The quantitative estimate of drug-likeness (QED) is 0.636. The first-order valence-electron chi connectivity index (χ1n) is 7.44. The van der Waals surface area contributed by atoms with Crippen molar-refractivity contribution in [3.05, 3.63) is 0 Å². The first-order valence-corrected chi connectivity index (χ1v) is 7.44. The number of nitrogens with one attached hydrogen (secondary N) is 2. The number of amides is 4. The molecule has 1 heterocycles. The van der Waals surface area contributed by atoms with Gasteiger partial charge >= 0.3 is 12.0 Å². The molecule has 8 heteroatoms. The molecule has 0 aromatic carbocycles. The van der Waals surface area contributed by atoms with E-state index in [0.717, 1.165) is 24.2 Å². The number of aliphatic carboxylic acids is 1. The third-order valence-corrected chi connectivity index (χ3v) is 4.55. The maximum absolute atomic E-state index is 12.6. The summed E-state index contributed by atoms with van der Waals surface area (Å²) in [6.07, 6.45) is 3.29. The minimum Gasteiger partial charge on any atom is -0.480 e. The Morgan fingerprint density at radius 3 is 2.73 bits per heavy atom. The number of nitrogens with zero attached hydrogens (tertiary/aromatic N) is 1. The minimum atomic E-state index is -1.18. The molecular weight excluding hydrogens is 290 g/mol. The van der Waals surface area contributed by atoms with E-state index in [9.17, 15) is 19.2 Å². The Kier molecular flexibility index (Phi) is 4.39. The first-order chi connectivity index (χ1) is 10.3. The molecule has 2 rings (SSSR count). The van der Waals surface area contributed by atoms with Crippen molar-refractivity contribution in [2.24, 2.45) is 5.92 Å². The second kappa shape index (κ2) is 5.94. The smallest absolute Gasteiger partial charge is 0.325 e. The van der Waals surface area contributed by atoms with Gasteiger partial charge < -0.3 is 15.7 Å². The van der Waals surface area contributed by atoms with E-state index in [1.54, 1.807) is 0 Å². The van der Waals surface area contributed by atoms with Gasteiger partial charge in [-0.1, -0.05) is 19.8 Å². The lowest BCUT2D eigenvalue weighted by molar-refractivity contribution is -0.142. The number of imide groups is 1. The third kappa shape index (κ3) is 2.77. The van der Waals surface area contributed by atoms with Crippen LogP contribution >= 0.6 is 0 Å². The second-order valence-electron chi connectivity index (χ2n) is 6.07. The molecule has 0 aromatic heterocycles. The summed E-state index contributed by atoms with van der Waals surface area (Å²) in [6.45, 7) is 2.78. The minimum absolute atomic E-state index is 0.0173. The molecule has 3 atom stereocenters. The van der Waals surface area contributed by atoms with Crippen LogP contribution in [0.4, 0.5) is 4.79 Å². The Hall–Kier alpha value is -2.12. The molecule has 22 heavy (non-hydrogen) atoms. The van der Waals surface area contributed by atoms with Crippen molar-refractivity contribution >= 4 is 23.8 Å². The number of carboxylic acids is 1. The van der Waals surface area contributed by atoms with Gasteiger partial charge in [-0.15, -0.1) is 0 Å². The monoisotopic (exact) mass is 311 g/mol. The van der Waals surface area contributed by atoms with Crippen molar-refractivity contribution in [2.75, 3.05) is 6.54 Å². The van der Waals surface area contributed by atoms with E-state index in [2.05, 4.69) is 10.6 Å². The van der Waals surface area contributed by atoms with Gasteiger partial charge in [-0.25, -0.2) is 4.79 Å². The number of carbonyl (C=O) groups is 4. The van der Waals surface area contributed by atoms with Crippen molar-refractivity contribution in [1.29, 1.82) is 0 Å². The molecule has 1 spiro atoms. The number of urea groups is 1. The summed E-state index contributed by atoms with van der Waals surface area (Å²) < 4.78 is 0. The SMILES string of the molecule is CC1CCCCC12NC(=O)N(CC(=O)N[C@@H](C)C(=O)O)C2=O. The maximum Gasteiger partial charge on any atom is 0.325 e. The Morgan fingerprint density at radius 1 is 1.45 bits per heavy atom. The Bertz CT molecular complexity index is 521. The van der Waals surface area contributed by atoms with Gasteiger partial charge in [0.25, 0.3) is 5.91 Å². The maximum atomic E-state index is 12.6. The van der Waals surface area contributed by atoms with Crippen molar-refractivity contribution in [3.8, 4) is 0 Å². The van der Waals surface area contributed by atoms with Crippen LogP contribution in [0.25, 0.3) is 0 Å². The van der Waals surface area contributed by atoms with Gasteiger partial charge in [0.1, 0.15) is 18.1 Å². The molecule has 1 saturated carbocycles. The van der Waals surface area contributed by atoms with Crippen LogP contribution in [0.5, 0.6) is 0 Å². The summed E-state index contributed by atoms with van der Waals surface area (Å²) in [5.74, 6) is -2.21. The lowest BCUT2D eigenvalue weighted by Crippen LogP contribution is -2.54. The van der Waals surface area contributed by atoms with Crippen LogP contribution in [0.3, 0.4) is 0 Å². The molecule has 2 unspecified atom stereocenters. The number of carbonyl (C=O) groups excluding carboxylic acids is 3. The van der Waals surface area contributed by atoms with E-state index in [4.69, 9.17) is 5.11 Å². The number of carboxylic acid groups (broad SMARTS) is 1. The number of hydrogen-bond donors (Lipinski definition) is 3. The van der Waals surface area contributed by atoms with E-state index < -0.39 is 36.0 Å². The fourth-order valence-corrected chi connectivity index (χ4v) is 3.13. The van der Waals surface area contributed by atoms with Crippen LogP contribution in [0.1, 0.15) is 39.5 Å². The highest BCUT2D eigenvalue weighted by Crippen LogP contribution is 2.38. The average molecular weight is 311 g/mol. The standard InChI is InChI=1S/C14H21N3O5/c1-8-5-3-4-6-14(8)12(21)17(13(22)16-14)7-10(18)15-9(2)11(19)20/h8-9H,3-7H2,1-2H3,(H,15,18)(H,16,22)(H,19,20)/t8?,9-,14?/m0/s1. The van der Waals surface area contributed by atoms with Crippen molar-refractivity contribution < 1.29 is 24.3 Å². The molecule has 8 nitrogen and oxygen atoms in total. The number of rotatable bonds is 4. The molecule has 122 valence electrons. The van der Waals surface area contributed by atoms with Gasteiger partial charge in [0.2, 0.25) is 5.91 Å². The van der Waals surface area contributed by atoms with Crippen LogP contribution in [-0.2, 0) is 14.4 Å². The molecular formula is C14H21N3O5. The lowest BCUT2D eigenvalue weighted by atomic mass is 9.73. The largest absolute Gasteiger partial charge is 0.480 e. The third-order valence-electron chi connectivity index (χ3n) is 4.55. The van der Waals surface area contributed by atoms with Crippen LogP contribution < -0.4 is 10.6 Å². The topological polar surface area (TPSA) is 116 Å². The van der Waals surface area contributed by atoms with Crippen molar-refractivity contribution in [2.45, 2.75) is 51.1 Å². The van der Waals surface area contributed by atoms with Gasteiger partial charge in [-0.05, 0) is 25.7 Å². The molecule has 1 saturated heterocycles. The van der Waals surface area contributed by atoms with Crippen molar-refractivity contribution in [3.63, 3.8) is 0 Å².